The fourth-order valence-electron chi connectivity index (χ4n) is 4.36. The lowest BCUT2D eigenvalue weighted by Gasteiger charge is -2.29. The first kappa shape index (κ1) is 21.7. The van der Waals surface area contributed by atoms with Gasteiger partial charge >= 0.3 is 0 Å². The molecule has 1 aromatic carbocycles. The van der Waals surface area contributed by atoms with Crippen LogP contribution in [-0.2, 0) is 9.53 Å². The molecule has 2 aliphatic rings. The van der Waals surface area contributed by atoms with E-state index in [0.717, 1.165) is 23.4 Å². The molecule has 0 radical (unpaired) electrons. The Morgan fingerprint density at radius 2 is 2.00 bits per heavy atom. The fourth-order valence-corrected chi connectivity index (χ4v) is 5.23. The summed E-state index contributed by atoms with van der Waals surface area (Å²) in [4.78, 5) is 33.0. The van der Waals surface area contributed by atoms with E-state index in [4.69, 9.17) is 4.74 Å². The van der Waals surface area contributed by atoms with Gasteiger partial charge in [0.05, 0.1) is 33.3 Å². The molecule has 1 N–H and O–H groups in total. The van der Waals surface area contributed by atoms with Crippen molar-refractivity contribution in [1.82, 2.24) is 9.88 Å². The van der Waals surface area contributed by atoms with Crippen molar-refractivity contribution >= 4 is 23.0 Å². The van der Waals surface area contributed by atoms with Gasteiger partial charge in [0.15, 0.2) is 5.76 Å². The number of rotatable bonds is 6. The van der Waals surface area contributed by atoms with Gasteiger partial charge in [0.2, 0.25) is 5.78 Å². The number of ether oxygens (including phenoxy) is 1. The van der Waals surface area contributed by atoms with Crippen LogP contribution in [-0.4, -0.2) is 45.9 Å². The second-order valence-corrected chi connectivity index (χ2v) is 9.76. The maximum absolute atomic E-state index is 13.5. The smallest absolute Gasteiger partial charge is 0.290 e. The molecule has 1 aromatic heterocycles. The first-order valence-electron chi connectivity index (χ1n) is 10.7. The molecule has 3 heterocycles. The zero-order chi connectivity index (χ0) is 22.3. The molecule has 31 heavy (non-hydrogen) atoms. The third-order valence-corrected chi connectivity index (χ3v) is 7.07. The lowest BCUT2D eigenvalue weighted by molar-refractivity contribution is -0.131. The van der Waals surface area contributed by atoms with Crippen LogP contribution in [0.15, 0.2) is 35.6 Å². The van der Waals surface area contributed by atoms with E-state index >= 15 is 0 Å². The Balaban J connectivity index is 1.77. The highest BCUT2D eigenvalue weighted by Gasteiger charge is 2.45. The summed E-state index contributed by atoms with van der Waals surface area (Å²) >= 11 is 1.29. The summed E-state index contributed by atoms with van der Waals surface area (Å²) in [5, 5.41) is 11.6. The average molecular weight is 441 g/mol. The number of Topliss-reactive ketones (excluding diaryl/α,β-unsaturated/α-hetero) is 1. The minimum absolute atomic E-state index is 0.0870. The molecule has 1 amide bonds. The third kappa shape index (κ3) is 4.04. The van der Waals surface area contributed by atoms with Crippen molar-refractivity contribution in [2.45, 2.75) is 58.6 Å². The monoisotopic (exact) mass is 440 g/mol. The summed E-state index contributed by atoms with van der Waals surface area (Å²) < 4.78 is 5.75. The second-order valence-electron chi connectivity index (χ2n) is 8.56. The molecule has 1 saturated heterocycles. The molecule has 7 heteroatoms. The molecule has 2 unspecified atom stereocenters. The van der Waals surface area contributed by atoms with Crippen LogP contribution in [0.2, 0.25) is 0 Å². The summed E-state index contributed by atoms with van der Waals surface area (Å²) in [5.41, 5.74) is 2.73. The predicted octanol–water partition coefficient (Wildman–Crippen LogP) is 4.64. The molecular formula is C24H28N2O4S. The Morgan fingerprint density at radius 3 is 2.55 bits per heavy atom. The fraction of sp³-hybridized carbons (Fsp3) is 0.458. The number of aliphatic hydroxyl groups is 1. The van der Waals surface area contributed by atoms with E-state index in [0.29, 0.717) is 29.6 Å². The van der Waals surface area contributed by atoms with Gasteiger partial charge in [0.1, 0.15) is 0 Å². The topological polar surface area (TPSA) is 79.7 Å². The highest BCUT2D eigenvalue weighted by molar-refractivity contribution is 7.14. The molecular weight excluding hydrogens is 412 g/mol. The number of carbonyl (C=O) groups excluding carboxylic acids is 2. The lowest BCUT2D eigenvalue weighted by atomic mass is 9.92. The molecule has 0 bridgehead atoms. The van der Waals surface area contributed by atoms with Gasteiger partial charge < -0.3 is 14.7 Å². The number of amides is 1. The van der Waals surface area contributed by atoms with Gasteiger partial charge in [0, 0.05) is 13.2 Å². The Bertz CT molecular complexity index is 1030. The van der Waals surface area contributed by atoms with E-state index < -0.39 is 17.7 Å². The van der Waals surface area contributed by atoms with Gasteiger partial charge in [-0.3, -0.25) is 9.59 Å². The normalized spacial score (nSPS) is 21.6. The minimum Gasteiger partial charge on any atom is -0.503 e. The maximum Gasteiger partial charge on any atom is 0.290 e. The molecule has 0 spiro atoms. The number of hydrogen-bond acceptors (Lipinski definition) is 6. The van der Waals surface area contributed by atoms with E-state index in [1.165, 1.54) is 16.9 Å². The predicted molar refractivity (Wildman–Crippen MR) is 120 cm³/mol. The number of ketones is 1. The van der Waals surface area contributed by atoms with Crippen molar-refractivity contribution in [1.29, 1.82) is 0 Å². The Labute approximate surface area is 186 Å². The Hall–Kier alpha value is -2.51. The molecule has 0 aliphatic carbocycles. The zero-order valence-electron chi connectivity index (χ0n) is 18.3. The first-order chi connectivity index (χ1) is 14.8. The van der Waals surface area contributed by atoms with Gasteiger partial charge in [-0.15, -0.1) is 11.3 Å². The zero-order valence-corrected chi connectivity index (χ0v) is 19.2. The molecule has 0 saturated carbocycles. The standard InChI is InChI=1S/C24H28N2O4S/c1-13(2)16-7-9-17(10-8-16)20-19(21(27)23-14(3)25-15(4)31-23)22(28)24(29)26(20)12-18-6-5-11-30-18/h7-10,13,18,20,28H,5-6,11-12H2,1-4H3. The van der Waals surface area contributed by atoms with Crippen LogP contribution in [0.1, 0.15) is 70.1 Å². The van der Waals surface area contributed by atoms with Crippen molar-refractivity contribution in [3.8, 4) is 0 Å². The molecule has 4 rings (SSSR count). The molecule has 2 atom stereocenters. The third-order valence-electron chi connectivity index (χ3n) is 6.00. The van der Waals surface area contributed by atoms with Crippen molar-refractivity contribution in [3.63, 3.8) is 0 Å². The quantitative estimate of drug-likeness (QED) is 0.662. The van der Waals surface area contributed by atoms with Gasteiger partial charge in [-0.1, -0.05) is 38.1 Å². The SMILES string of the molecule is Cc1nc(C)c(C(=O)C2=C(O)C(=O)N(CC3CCCO3)C2c2ccc(C(C)C)cc2)s1. The molecule has 2 aliphatic heterocycles. The van der Waals surface area contributed by atoms with E-state index in [9.17, 15) is 14.7 Å². The summed E-state index contributed by atoms with van der Waals surface area (Å²) in [5.74, 6) is -0.945. The average Bonchev–Trinajstić information content (AvgIpc) is 3.43. The van der Waals surface area contributed by atoms with E-state index in [2.05, 4.69) is 18.8 Å². The van der Waals surface area contributed by atoms with Gasteiger partial charge in [-0.05, 0) is 43.7 Å². The summed E-state index contributed by atoms with van der Waals surface area (Å²) in [6.45, 7) is 8.87. The molecule has 6 nitrogen and oxygen atoms in total. The van der Waals surface area contributed by atoms with Crippen LogP contribution >= 0.6 is 11.3 Å². The summed E-state index contributed by atoms with van der Waals surface area (Å²) in [7, 11) is 0. The van der Waals surface area contributed by atoms with E-state index in [1.54, 1.807) is 11.8 Å². The summed E-state index contributed by atoms with van der Waals surface area (Å²) in [6, 6.07) is 7.30. The maximum atomic E-state index is 13.5. The van der Waals surface area contributed by atoms with Crippen LogP contribution in [0.4, 0.5) is 0 Å². The van der Waals surface area contributed by atoms with E-state index in [-0.39, 0.29) is 17.5 Å². The highest BCUT2D eigenvalue weighted by atomic mass is 32.1. The molecule has 164 valence electrons. The van der Waals surface area contributed by atoms with Crippen molar-refractivity contribution < 1.29 is 19.4 Å². The van der Waals surface area contributed by atoms with Gasteiger partial charge in [-0.25, -0.2) is 4.98 Å². The van der Waals surface area contributed by atoms with Crippen LogP contribution in [0.5, 0.6) is 0 Å². The van der Waals surface area contributed by atoms with Crippen LogP contribution in [0.3, 0.4) is 0 Å². The number of carbonyl (C=O) groups is 2. The minimum atomic E-state index is -0.646. The first-order valence-corrected chi connectivity index (χ1v) is 11.5. The molecule has 2 aromatic rings. The Kier molecular flexibility index (Phi) is 5.99. The van der Waals surface area contributed by atoms with Crippen molar-refractivity contribution in [2.75, 3.05) is 13.2 Å². The van der Waals surface area contributed by atoms with Crippen molar-refractivity contribution in [3.05, 3.63) is 62.3 Å². The second kappa shape index (κ2) is 8.55. The van der Waals surface area contributed by atoms with Crippen molar-refractivity contribution in [2.24, 2.45) is 0 Å². The number of nitrogens with zero attached hydrogens (tertiary/aromatic N) is 2. The van der Waals surface area contributed by atoms with E-state index in [1.807, 2.05) is 31.2 Å². The molecule has 1 fully saturated rings. The summed E-state index contributed by atoms with van der Waals surface area (Å²) in [6.07, 6.45) is 1.72. The number of benzene rings is 1. The van der Waals surface area contributed by atoms with Crippen LogP contribution in [0, 0.1) is 13.8 Å². The number of thiazole rings is 1. The van der Waals surface area contributed by atoms with Gasteiger partial charge in [-0.2, -0.15) is 0 Å². The number of aromatic nitrogens is 1. The number of aliphatic hydroxyl groups excluding tert-OH is 1. The number of aryl methyl sites for hydroxylation is 2. The van der Waals surface area contributed by atoms with Crippen LogP contribution < -0.4 is 0 Å². The Morgan fingerprint density at radius 1 is 1.29 bits per heavy atom. The highest BCUT2D eigenvalue weighted by Crippen LogP contribution is 2.41. The van der Waals surface area contributed by atoms with Crippen LogP contribution in [0.25, 0.3) is 0 Å². The largest absolute Gasteiger partial charge is 0.503 e. The van der Waals surface area contributed by atoms with Gasteiger partial charge in [0.25, 0.3) is 5.91 Å². The lowest BCUT2D eigenvalue weighted by Crippen LogP contribution is -2.37. The number of hydrogen-bond donors (Lipinski definition) is 1.